The van der Waals surface area contributed by atoms with Crippen molar-refractivity contribution in [1.29, 1.82) is 0 Å². The van der Waals surface area contributed by atoms with Gasteiger partial charge in [-0.25, -0.2) is 12.4 Å². The molecule has 0 aliphatic rings. The number of halogens is 1. The topological polar surface area (TPSA) is 78.5 Å². The quantitative estimate of drug-likeness (QED) is 0.560. The Kier molecular flexibility index (Phi) is 5.17. The molecule has 0 spiro atoms. The number of aryl methyl sites for hydroxylation is 1. The van der Waals surface area contributed by atoms with Gasteiger partial charge in [-0.05, 0) is 32.0 Å². The van der Waals surface area contributed by atoms with Crippen molar-refractivity contribution in [3.8, 4) is 17.2 Å². The van der Waals surface area contributed by atoms with E-state index in [2.05, 4.69) is 0 Å². The summed E-state index contributed by atoms with van der Waals surface area (Å²) in [6.07, 6.45) is 1.35. The molecule has 0 amide bonds. The van der Waals surface area contributed by atoms with Gasteiger partial charge in [-0.15, -0.1) is 0 Å². The van der Waals surface area contributed by atoms with Gasteiger partial charge >= 0.3 is 0 Å². The first-order valence-corrected chi connectivity index (χ1v) is 10.0. The number of ketones is 1. The van der Waals surface area contributed by atoms with Crippen LogP contribution in [-0.2, 0) is 10.0 Å². The average Bonchev–Trinajstić information content (AvgIpc) is 3.19. The second-order valence-corrected chi connectivity index (χ2v) is 8.14. The zero-order valence-corrected chi connectivity index (χ0v) is 16.6. The lowest BCUT2D eigenvalue weighted by molar-refractivity contribution is 0.0983. The number of Topliss-reactive ketones (excluding diaryl/α,β-unsaturated/α-hetero) is 1. The van der Waals surface area contributed by atoms with Crippen molar-refractivity contribution in [3.63, 3.8) is 0 Å². The molecule has 3 aromatic rings. The third-order valence-corrected chi connectivity index (χ3v) is 5.93. The summed E-state index contributed by atoms with van der Waals surface area (Å²) < 4.78 is 38.2. The van der Waals surface area contributed by atoms with Crippen LogP contribution in [0.5, 0.6) is 5.75 Å². The van der Waals surface area contributed by atoms with Crippen LogP contribution in [0.2, 0.25) is 5.02 Å². The molecule has 8 heteroatoms. The number of rotatable bonds is 6. The van der Waals surface area contributed by atoms with Crippen LogP contribution in [-0.4, -0.2) is 24.8 Å². The standard InChI is InChI=1S/C19H18ClNO5S/c1-4-25-17-11-16(26-19(17)13(3)22)18-15(20)9-10-21(18)27(23,24)14-7-5-12(2)6-8-14/h5-11H,4H2,1-3H3. The highest BCUT2D eigenvalue weighted by molar-refractivity contribution is 7.90. The molecule has 3 rings (SSSR count). The highest BCUT2D eigenvalue weighted by Crippen LogP contribution is 2.37. The third-order valence-electron chi connectivity index (χ3n) is 3.93. The van der Waals surface area contributed by atoms with E-state index in [1.54, 1.807) is 19.1 Å². The van der Waals surface area contributed by atoms with E-state index in [0.717, 1.165) is 9.54 Å². The van der Waals surface area contributed by atoms with Crippen LogP contribution in [0.3, 0.4) is 0 Å². The van der Waals surface area contributed by atoms with Gasteiger partial charge in [0.2, 0.25) is 5.76 Å². The first kappa shape index (κ1) is 19.3. The summed E-state index contributed by atoms with van der Waals surface area (Å²) in [6.45, 7) is 5.31. The summed E-state index contributed by atoms with van der Waals surface area (Å²) in [4.78, 5) is 11.9. The monoisotopic (exact) mass is 407 g/mol. The van der Waals surface area contributed by atoms with Crippen LogP contribution >= 0.6 is 11.6 Å². The summed E-state index contributed by atoms with van der Waals surface area (Å²) in [5.74, 6) is 0.0645. The van der Waals surface area contributed by atoms with Crippen LogP contribution in [0.25, 0.3) is 11.5 Å². The van der Waals surface area contributed by atoms with Gasteiger partial charge in [-0.3, -0.25) is 4.79 Å². The lowest BCUT2D eigenvalue weighted by Gasteiger charge is -2.10. The number of nitrogens with zero attached hydrogens (tertiary/aromatic N) is 1. The van der Waals surface area contributed by atoms with Crippen molar-refractivity contribution < 1.29 is 22.4 Å². The second kappa shape index (κ2) is 7.25. The molecule has 1 aromatic carbocycles. The van der Waals surface area contributed by atoms with Crippen LogP contribution in [0.1, 0.15) is 30.0 Å². The molecule has 2 heterocycles. The van der Waals surface area contributed by atoms with Gasteiger partial charge in [-0.1, -0.05) is 29.3 Å². The molecule has 27 heavy (non-hydrogen) atoms. The van der Waals surface area contributed by atoms with Crippen LogP contribution in [0.4, 0.5) is 0 Å². The van der Waals surface area contributed by atoms with Crippen molar-refractivity contribution in [3.05, 3.63) is 58.9 Å². The van der Waals surface area contributed by atoms with Crippen molar-refractivity contribution in [2.24, 2.45) is 0 Å². The zero-order chi connectivity index (χ0) is 19.8. The molecule has 0 saturated heterocycles. The van der Waals surface area contributed by atoms with E-state index in [0.29, 0.717) is 6.61 Å². The Morgan fingerprint density at radius 2 is 1.89 bits per heavy atom. The van der Waals surface area contributed by atoms with Gasteiger partial charge in [0.05, 0.1) is 16.5 Å². The maximum atomic E-state index is 13.1. The molecule has 0 atom stereocenters. The molecule has 6 nitrogen and oxygen atoms in total. The molecule has 0 radical (unpaired) electrons. The smallest absolute Gasteiger partial charge is 0.268 e. The van der Waals surface area contributed by atoms with E-state index in [1.807, 2.05) is 6.92 Å². The molecule has 0 unspecified atom stereocenters. The zero-order valence-electron chi connectivity index (χ0n) is 15.0. The summed E-state index contributed by atoms with van der Waals surface area (Å²) in [5, 5.41) is 0.178. The fourth-order valence-corrected chi connectivity index (χ4v) is 4.29. The van der Waals surface area contributed by atoms with Gasteiger partial charge < -0.3 is 9.15 Å². The summed E-state index contributed by atoms with van der Waals surface area (Å²) in [5.41, 5.74) is 1.07. The number of furan rings is 1. The molecular weight excluding hydrogens is 390 g/mol. The SMILES string of the molecule is CCOc1cc(-c2c(Cl)ccn2S(=O)(=O)c2ccc(C)cc2)oc1C(C)=O. The van der Waals surface area contributed by atoms with Gasteiger partial charge in [0.1, 0.15) is 5.69 Å². The number of benzene rings is 1. The van der Waals surface area contributed by atoms with Crippen molar-refractivity contribution in [2.75, 3.05) is 6.61 Å². The Labute approximate surface area is 162 Å². The summed E-state index contributed by atoms with van der Waals surface area (Å²) in [6, 6.07) is 9.41. The lowest BCUT2D eigenvalue weighted by Crippen LogP contribution is -2.13. The Hall–Kier alpha value is -2.51. The highest BCUT2D eigenvalue weighted by atomic mass is 35.5. The van der Waals surface area contributed by atoms with Crippen LogP contribution in [0, 0.1) is 6.92 Å². The fraction of sp³-hybridized carbons (Fsp3) is 0.211. The summed E-state index contributed by atoms with van der Waals surface area (Å²) >= 11 is 6.25. The Balaban J connectivity index is 2.17. The number of carbonyl (C=O) groups is 1. The molecule has 0 fully saturated rings. The number of hydrogen-bond acceptors (Lipinski definition) is 5. The first-order chi connectivity index (χ1) is 12.8. The minimum absolute atomic E-state index is 0.0170. The van der Waals surface area contributed by atoms with Gasteiger partial charge in [0.15, 0.2) is 17.3 Å². The number of aromatic nitrogens is 1. The molecule has 0 saturated carbocycles. The Morgan fingerprint density at radius 1 is 1.22 bits per heavy atom. The van der Waals surface area contributed by atoms with E-state index in [9.17, 15) is 13.2 Å². The summed E-state index contributed by atoms with van der Waals surface area (Å²) in [7, 11) is -3.90. The van der Waals surface area contributed by atoms with Crippen molar-refractivity contribution in [2.45, 2.75) is 25.7 Å². The number of hydrogen-bond donors (Lipinski definition) is 0. The molecule has 0 bridgehead atoms. The van der Waals surface area contributed by atoms with Gasteiger partial charge in [-0.2, -0.15) is 0 Å². The predicted molar refractivity (Wildman–Crippen MR) is 102 cm³/mol. The van der Waals surface area contributed by atoms with Gasteiger partial charge in [0.25, 0.3) is 10.0 Å². The number of ether oxygens (including phenoxy) is 1. The molecule has 0 aliphatic carbocycles. The third kappa shape index (κ3) is 3.52. The predicted octanol–water partition coefficient (Wildman–Crippen LogP) is 4.55. The van der Waals surface area contributed by atoms with E-state index in [-0.39, 0.29) is 38.7 Å². The van der Waals surface area contributed by atoms with E-state index in [4.69, 9.17) is 20.8 Å². The van der Waals surface area contributed by atoms with Crippen molar-refractivity contribution >= 4 is 27.4 Å². The molecular formula is C19H18ClNO5S. The molecule has 142 valence electrons. The van der Waals surface area contributed by atoms with Crippen LogP contribution in [0.15, 0.2) is 51.9 Å². The molecule has 2 aromatic heterocycles. The second-order valence-electron chi connectivity index (χ2n) is 5.92. The average molecular weight is 408 g/mol. The maximum Gasteiger partial charge on any atom is 0.268 e. The normalized spacial score (nSPS) is 11.6. The van der Waals surface area contributed by atoms with Gasteiger partial charge in [0, 0.05) is 19.2 Å². The minimum atomic E-state index is -3.90. The lowest BCUT2D eigenvalue weighted by atomic mass is 10.2. The van der Waals surface area contributed by atoms with E-state index in [1.165, 1.54) is 37.4 Å². The first-order valence-electron chi connectivity index (χ1n) is 8.22. The molecule has 0 N–H and O–H groups in total. The van der Waals surface area contributed by atoms with Crippen molar-refractivity contribution in [1.82, 2.24) is 3.97 Å². The van der Waals surface area contributed by atoms with E-state index >= 15 is 0 Å². The maximum absolute atomic E-state index is 13.1. The fourth-order valence-electron chi connectivity index (χ4n) is 2.64. The van der Waals surface area contributed by atoms with Crippen LogP contribution < -0.4 is 4.74 Å². The van der Waals surface area contributed by atoms with E-state index < -0.39 is 10.0 Å². The highest BCUT2D eigenvalue weighted by Gasteiger charge is 2.27. The minimum Gasteiger partial charge on any atom is -0.490 e. The molecule has 0 aliphatic heterocycles. The number of carbonyl (C=O) groups excluding carboxylic acids is 1. The Bertz CT molecular complexity index is 1090. The Morgan fingerprint density at radius 3 is 2.48 bits per heavy atom. The largest absolute Gasteiger partial charge is 0.490 e.